The number of benzene rings is 2. The molecule has 7 heteroatoms. The van der Waals surface area contributed by atoms with Crippen LogP contribution >= 0.6 is 0 Å². The number of aromatic nitrogens is 1. The average molecular weight is 460 g/mol. The van der Waals surface area contributed by atoms with Crippen molar-refractivity contribution in [3.63, 3.8) is 0 Å². The molecule has 1 radical (unpaired) electrons. The number of aliphatic imine (C=N–C) groups is 1. The minimum Gasteiger partial charge on any atom is -0.378 e. The van der Waals surface area contributed by atoms with Gasteiger partial charge in [-0.2, -0.15) is 4.99 Å². The molecule has 2 saturated heterocycles. The van der Waals surface area contributed by atoms with Crippen LogP contribution in [0.15, 0.2) is 64.1 Å². The van der Waals surface area contributed by atoms with Gasteiger partial charge in [-0.15, -0.1) is 0 Å². The van der Waals surface area contributed by atoms with Crippen LogP contribution in [0.1, 0.15) is 25.1 Å². The molecule has 2 fully saturated rings. The van der Waals surface area contributed by atoms with Gasteiger partial charge < -0.3 is 23.8 Å². The summed E-state index contributed by atoms with van der Waals surface area (Å²) in [5.74, 6) is 1.43. The summed E-state index contributed by atoms with van der Waals surface area (Å²) in [6.07, 6.45) is 0. The summed E-state index contributed by atoms with van der Waals surface area (Å²) in [4.78, 5) is 9.45. The molecule has 2 aliphatic rings. The molecule has 0 amide bonds. The van der Waals surface area contributed by atoms with Gasteiger partial charge in [0.2, 0.25) is 5.96 Å². The molecule has 34 heavy (non-hydrogen) atoms. The van der Waals surface area contributed by atoms with E-state index in [2.05, 4.69) is 65.2 Å². The monoisotopic (exact) mass is 459 g/mol. The van der Waals surface area contributed by atoms with E-state index in [1.807, 2.05) is 24.3 Å². The lowest BCUT2D eigenvalue weighted by atomic mass is 9.80. The second-order valence-corrected chi connectivity index (χ2v) is 9.14. The van der Waals surface area contributed by atoms with Crippen molar-refractivity contribution in [1.82, 2.24) is 15.0 Å². The molecule has 177 valence electrons. The number of rotatable bonds is 4. The molecule has 0 aliphatic carbocycles. The zero-order chi connectivity index (χ0) is 23.4. The highest BCUT2D eigenvalue weighted by atomic mass is 16.5. The normalized spacial score (nSPS) is 17.0. The molecule has 2 aromatic carbocycles. The van der Waals surface area contributed by atoms with Crippen molar-refractivity contribution < 1.29 is 14.0 Å². The summed E-state index contributed by atoms with van der Waals surface area (Å²) in [5.41, 5.74) is 3.87. The Hall–Kier alpha value is -3.16. The lowest BCUT2D eigenvalue weighted by molar-refractivity contribution is 0.0421. The summed E-state index contributed by atoms with van der Waals surface area (Å²) in [6.45, 7) is 10.4. The van der Waals surface area contributed by atoms with Gasteiger partial charge in [0.15, 0.2) is 0 Å². The lowest BCUT2D eigenvalue weighted by Crippen LogP contribution is -2.52. The summed E-state index contributed by atoms with van der Waals surface area (Å²) in [6, 6.07) is 21.8. The predicted octanol–water partition coefficient (Wildman–Crippen LogP) is 4.12. The third-order valence-electron chi connectivity index (χ3n) is 6.54. The maximum Gasteiger partial charge on any atom is 0.253 e. The van der Waals surface area contributed by atoms with Crippen molar-refractivity contribution in [2.45, 2.75) is 19.3 Å². The van der Waals surface area contributed by atoms with Gasteiger partial charge in [-0.05, 0) is 22.8 Å². The molecule has 2 aliphatic heterocycles. The maximum absolute atomic E-state index is 5.74. The highest BCUT2D eigenvalue weighted by Gasteiger charge is 2.29. The molecule has 3 aromatic rings. The fourth-order valence-electron chi connectivity index (χ4n) is 4.38. The second kappa shape index (κ2) is 9.99. The molecular weight excluding hydrogens is 428 g/mol. The summed E-state index contributed by atoms with van der Waals surface area (Å²) < 4.78 is 16.8. The topological polar surface area (TPSA) is 63.3 Å². The second-order valence-electron chi connectivity index (χ2n) is 9.14. The number of hydrogen-bond acceptors (Lipinski definition) is 5. The molecule has 3 heterocycles. The quantitative estimate of drug-likeness (QED) is 0.432. The van der Waals surface area contributed by atoms with Crippen molar-refractivity contribution in [3.8, 4) is 11.1 Å². The molecule has 1 aromatic heterocycles. The lowest BCUT2D eigenvalue weighted by Gasteiger charge is -2.37. The van der Waals surface area contributed by atoms with Gasteiger partial charge in [0.05, 0.1) is 32.1 Å². The van der Waals surface area contributed by atoms with Gasteiger partial charge in [0, 0.05) is 37.7 Å². The Labute approximate surface area is 201 Å². The third kappa shape index (κ3) is 4.86. The van der Waals surface area contributed by atoms with Crippen LogP contribution < -0.4 is 0 Å². The molecule has 0 atom stereocenters. The first-order chi connectivity index (χ1) is 16.6. The number of ether oxygens (including phenoxy) is 2. The van der Waals surface area contributed by atoms with Crippen molar-refractivity contribution in [2.24, 2.45) is 4.99 Å². The fraction of sp³-hybridized carbons (Fsp3) is 0.407. The Bertz CT molecular complexity index is 1090. The number of hydrogen-bond donors (Lipinski definition) is 0. The zero-order valence-electron chi connectivity index (χ0n) is 19.9. The number of nitrogens with zero attached hydrogens (tertiary/aromatic N) is 4. The Morgan fingerprint density at radius 3 is 2.26 bits per heavy atom. The average Bonchev–Trinajstić information content (AvgIpc) is 3.39. The van der Waals surface area contributed by atoms with E-state index in [9.17, 15) is 0 Å². The molecule has 5 rings (SSSR count). The van der Waals surface area contributed by atoms with Gasteiger partial charge >= 0.3 is 0 Å². The van der Waals surface area contributed by atoms with E-state index < -0.39 is 0 Å². The molecule has 0 unspecified atom stereocenters. The van der Waals surface area contributed by atoms with Gasteiger partial charge in [0.25, 0.3) is 5.88 Å². The Morgan fingerprint density at radius 2 is 1.62 bits per heavy atom. The standard InChI is InChI=1S/C27H31N4O3/c1-27(2,23-10-6-9-22(19-23)21-7-4-3-5-8-21)24-20-25(34-29-24)28-26(30-11-15-32-16-12-30)31-13-17-33-18-14-31/h3-7,9-10,19-20H,11-18H2,1-2H3. The van der Waals surface area contributed by atoms with Gasteiger partial charge in [-0.1, -0.05) is 67.5 Å². The molecule has 0 bridgehead atoms. The van der Waals surface area contributed by atoms with Crippen molar-refractivity contribution >= 4 is 11.8 Å². The first-order valence-corrected chi connectivity index (χ1v) is 11.9. The van der Waals surface area contributed by atoms with Gasteiger partial charge in [-0.3, -0.25) is 0 Å². The molecule has 0 saturated carbocycles. The van der Waals surface area contributed by atoms with E-state index in [0.717, 1.165) is 54.5 Å². The Morgan fingerprint density at radius 1 is 0.912 bits per heavy atom. The van der Waals surface area contributed by atoms with Crippen molar-refractivity contribution in [1.29, 1.82) is 0 Å². The first kappa shape index (κ1) is 22.6. The van der Waals surface area contributed by atoms with E-state index in [1.54, 1.807) is 0 Å². The van der Waals surface area contributed by atoms with Gasteiger partial charge in [0.1, 0.15) is 0 Å². The van der Waals surface area contributed by atoms with Crippen LogP contribution in [0, 0.1) is 6.07 Å². The SMILES string of the molecule is CC(C)(c1cccc(-c2[c]cccc2)c1)c1cc(N=C(N2CCOCC2)N2CCOCC2)on1. The molecule has 0 spiro atoms. The Balaban J connectivity index is 1.43. The smallest absolute Gasteiger partial charge is 0.253 e. The van der Waals surface area contributed by atoms with Crippen LogP contribution in [0.3, 0.4) is 0 Å². The van der Waals surface area contributed by atoms with E-state index >= 15 is 0 Å². The minimum absolute atomic E-state index is 0.347. The van der Waals surface area contributed by atoms with Crippen LogP contribution in [0.2, 0.25) is 0 Å². The van der Waals surface area contributed by atoms with Crippen molar-refractivity contribution in [2.75, 3.05) is 52.6 Å². The van der Waals surface area contributed by atoms with Crippen LogP contribution in [-0.2, 0) is 14.9 Å². The van der Waals surface area contributed by atoms with Crippen LogP contribution in [0.25, 0.3) is 11.1 Å². The summed E-state index contributed by atoms with van der Waals surface area (Å²) >= 11 is 0. The van der Waals surface area contributed by atoms with Gasteiger partial charge in [-0.25, -0.2) is 0 Å². The summed E-state index contributed by atoms with van der Waals surface area (Å²) in [5, 5.41) is 4.43. The fourth-order valence-corrected chi connectivity index (χ4v) is 4.38. The summed E-state index contributed by atoms with van der Waals surface area (Å²) in [7, 11) is 0. The van der Waals surface area contributed by atoms with E-state index in [0.29, 0.717) is 32.3 Å². The van der Waals surface area contributed by atoms with Crippen LogP contribution in [-0.4, -0.2) is 73.5 Å². The minimum atomic E-state index is -0.347. The van der Waals surface area contributed by atoms with E-state index in [1.165, 1.54) is 0 Å². The molecular formula is C27H31N4O3. The van der Waals surface area contributed by atoms with E-state index in [4.69, 9.17) is 19.0 Å². The van der Waals surface area contributed by atoms with Crippen LogP contribution in [0.4, 0.5) is 5.88 Å². The molecule has 0 N–H and O–H groups in total. The first-order valence-electron chi connectivity index (χ1n) is 11.9. The molecule has 7 nitrogen and oxygen atoms in total. The highest BCUT2D eigenvalue weighted by Crippen LogP contribution is 2.35. The number of morpholine rings is 2. The van der Waals surface area contributed by atoms with Crippen molar-refractivity contribution in [3.05, 3.63) is 71.9 Å². The largest absolute Gasteiger partial charge is 0.378 e. The van der Waals surface area contributed by atoms with E-state index in [-0.39, 0.29) is 5.41 Å². The van der Waals surface area contributed by atoms with Crippen LogP contribution in [0.5, 0.6) is 0 Å². The predicted molar refractivity (Wildman–Crippen MR) is 131 cm³/mol. The highest BCUT2D eigenvalue weighted by molar-refractivity contribution is 5.82. The maximum atomic E-state index is 5.74. The Kier molecular flexibility index (Phi) is 6.65. The number of guanidine groups is 1. The third-order valence-corrected chi connectivity index (χ3v) is 6.54. The zero-order valence-corrected chi connectivity index (χ0v) is 19.9.